The monoisotopic (exact) mass is 282 g/mol. The van der Waals surface area contributed by atoms with Gasteiger partial charge in [-0.2, -0.15) is 0 Å². The lowest BCUT2D eigenvalue weighted by atomic mass is 10.1. The van der Waals surface area contributed by atoms with Crippen LogP contribution >= 0.6 is 0 Å². The van der Waals surface area contributed by atoms with E-state index in [1.807, 2.05) is 4.90 Å². The fraction of sp³-hybridized carbons (Fsp3) is 0.938. The summed E-state index contributed by atoms with van der Waals surface area (Å²) in [6.07, 6.45) is 8.46. The van der Waals surface area contributed by atoms with Crippen LogP contribution in [0.3, 0.4) is 0 Å². The van der Waals surface area contributed by atoms with Crippen molar-refractivity contribution in [3.63, 3.8) is 0 Å². The van der Waals surface area contributed by atoms with Gasteiger partial charge in [-0.15, -0.1) is 0 Å². The van der Waals surface area contributed by atoms with E-state index in [9.17, 15) is 9.90 Å². The summed E-state index contributed by atoms with van der Waals surface area (Å²) in [6, 6.07) is 0.207. The average Bonchev–Trinajstić information content (AvgIpc) is 2.68. The van der Waals surface area contributed by atoms with Crippen LogP contribution in [-0.2, 0) is 4.79 Å². The van der Waals surface area contributed by atoms with E-state index in [-0.39, 0.29) is 12.1 Å². The highest BCUT2D eigenvalue weighted by Crippen LogP contribution is 2.24. The number of amides is 1. The van der Waals surface area contributed by atoms with Crippen LogP contribution in [0.1, 0.15) is 58.3 Å². The van der Waals surface area contributed by atoms with E-state index in [1.165, 1.54) is 12.8 Å². The number of likely N-dealkylation sites (tertiary alicyclic amines) is 1. The van der Waals surface area contributed by atoms with E-state index < -0.39 is 0 Å². The minimum absolute atomic E-state index is 0.143. The Labute approximate surface area is 122 Å². The molecular formula is C16H30N2O2. The fourth-order valence-electron chi connectivity index (χ4n) is 3.39. The Morgan fingerprint density at radius 2 is 1.90 bits per heavy atom. The lowest BCUT2D eigenvalue weighted by molar-refractivity contribution is -0.131. The van der Waals surface area contributed by atoms with Crippen molar-refractivity contribution < 1.29 is 9.90 Å². The van der Waals surface area contributed by atoms with Gasteiger partial charge in [0.25, 0.3) is 0 Å². The number of rotatable bonds is 5. The van der Waals surface area contributed by atoms with Gasteiger partial charge in [0.05, 0.1) is 6.10 Å². The molecule has 1 aliphatic heterocycles. The molecule has 0 spiro atoms. The largest absolute Gasteiger partial charge is 0.393 e. The number of hydrogen-bond acceptors (Lipinski definition) is 3. The number of carbonyl (C=O) groups is 1. The minimum Gasteiger partial charge on any atom is -0.393 e. The predicted molar refractivity (Wildman–Crippen MR) is 80.5 cm³/mol. The highest BCUT2D eigenvalue weighted by Gasteiger charge is 2.25. The Morgan fingerprint density at radius 3 is 2.50 bits per heavy atom. The van der Waals surface area contributed by atoms with Gasteiger partial charge in [-0.25, -0.2) is 0 Å². The first-order chi connectivity index (χ1) is 9.66. The summed E-state index contributed by atoms with van der Waals surface area (Å²) in [5.74, 6) is 0.671. The molecule has 2 aliphatic rings. The van der Waals surface area contributed by atoms with Gasteiger partial charge >= 0.3 is 0 Å². The van der Waals surface area contributed by atoms with Crippen LogP contribution in [0.5, 0.6) is 0 Å². The molecule has 4 heteroatoms. The van der Waals surface area contributed by atoms with Crippen molar-refractivity contribution in [1.29, 1.82) is 0 Å². The van der Waals surface area contributed by atoms with Crippen LogP contribution < -0.4 is 5.32 Å². The third kappa shape index (κ3) is 4.74. The lowest BCUT2D eigenvalue weighted by Gasteiger charge is -2.24. The number of hydrogen-bond donors (Lipinski definition) is 2. The SMILES string of the molecule is CC(CC(=O)N1CCCCCC1)NC[C@H]1CCC[C@@H]1O. The topological polar surface area (TPSA) is 52.6 Å². The molecule has 0 aromatic rings. The van der Waals surface area contributed by atoms with Gasteiger partial charge in [-0.05, 0) is 38.5 Å². The Hall–Kier alpha value is -0.610. The number of nitrogens with one attached hydrogen (secondary N) is 1. The van der Waals surface area contributed by atoms with Gasteiger partial charge in [0.1, 0.15) is 0 Å². The second kappa shape index (κ2) is 7.99. The third-order valence-electron chi connectivity index (χ3n) is 4.79. The van der Waals surface area contributed by atoms with Crippen molar-refractivity contribution in [2.45, 2.75) is 70.4 Å². The molecule has 1 amide bonds. The summed E-state index contributed by atoms with van der Waals surface area (Å²) in [5, 5.41) is 13.2. The van der Waals surface area contributed by atoms with Crippen LogP contribution in [0.25, 0.3) is 0 Å². The average molecular weight is 282 g/mol. The Balaban J connectivity index is 1.67. The first-order valence-electron chi connectivity index (χ1n) is 8.36. The summed E-state index contributed by atoms with van der Waals surface area (Å²) in [4.78, 5) is 14.3. The van der Waals surface area contributed by atoms with E-state index in [1.54, 1.807) is 0 Å². The third-order valence-corrected chi connectivity index (χ3v) is 4.79. The molecule has 2 N–H and O–H groups in total. The quantitative estimate of drug-likeness (QED) is 0.810. The minimum atomic E-state index is -0.143. The number of nitrogens with zero attached hydrogens (tertiary/aromatic N) is 1. The number of carbonyl (C=O) groups excluding carboxylic acids is 1. The van der Waals surface area contributed by atoms with Crippen LogP contribution in [0.15, 0.2) is 0 Å². The van der Waals surface area contributed by atoms with Crippen molar-refractivity contribution in [3.05, 3.63) is 0 Å². The molecule has 0 aromatic heterocycles. The van der Waals surface area contributed by atoms with Gasteiger partial charge in [0, 0.05) is 32.1 Å². The normalized spacial score (nSPS) is 29.2. The molecule has 116 valence electrons. The second-order valence-corrected chi connectivity index (χ2v) is 6.57. The van der Waals surface area contributed by atoms with E-state index in [4.69, 9.17) is 0 Å². The molecule has 3 atom stereocenters. The molecule has 1 unspecified atom stereocenters. The summed E-state index contributed by atoms with van der Waals surface area (Å²) in [6.45, 7) is 4.80. The first kappa shape index (κ1) is 15.8. The van der Waals surface area contributed by atoms with Crippen LogP contribution in [0, 0.1) is 5.92 Å². The molecule has 0 radical (unpaired) electrons. The predicted octanol–water partition coefficient (Wildman–Crippen LogP) is 1.92. The zero-order chi connectivity index (χ0) is 14.4. The summed E-state index contributed by atoms with van der Waals surface area (Å²) in [5.41, 5.74) is 0. The van der Waals surface area contributed by atoms with Crippen LogP contribution in [0.2, 0.25) is 0 Å². The van der Waals surface area contributed by atoms with Gasteiger partial charge in [0.2, 0.25) is 5.91 Å². The second-order valence-electron chi connectivity index (χ2n) is 6.57. The molecule has 1 heterocycles. The molecule has 0 aromatic carbocycles. The molecule has 2 rings (SSSR count). The maximum Gasteiger partial charge on any atom is 0.224 e. The molecular weight excluding hydrogens is 252 g/mol. The lowest BCUT2D eigenvalue weighted by Crippen LogP contribution is -2.39. The molecule has 1 aliphatic carbocycles. The Kier molecular flexibility index (Phi) is 6.30. The van der Waals surface area contributed by atoms with Crippen LogP contribution in [0.4, 0.5) is 0 Å². The highest BCUT2D eigenvalue weighted by atomic mass is 16.3. The summed E-state index contributed by atoms with van der Waals surface area (Å²) < 4.78 is 0. The van der Waals surface area contributed by atoms with Crippen molar-refractivity contribution in [3.8, 4) is 0 Å². The van der Waals surface area contributed by atoms with E-state index in [0.29, 0.717) is 18.2 Å². The number of aliphatic hydroxyl groups is 1. The van der Waals surface area contributed by atoms with E-state index in [0.717, 1.165) is 51.7 Å². The summed E-state index contributed by atoms with van der Waals surface area (Å²) >= 11 is 0. The van der Waals surface area contributed by atoms with Crippen LogP contribution in [-0.4, -0.2) is 47.7 Å². The van der Waals surface area contributed by atoms with E-state index >= 15 is 0 Å². The fourth-order valence-corrected chi connectivity index (χ4v) is 3.39. The summed E-state index contributed by atoms with van der Waals surface area (Å²) in [7, 11) is 0. The molecule has 0 bridgehead atoms. The van der Waals surface area contributed by atoms with E-state index in [2.05, 4.69) is 12.2 Å². The maximum atomic E-state index is 12.3. The van der Waals surface area contributed by atoms with Gasteiger partial charge in [-0.1, -0.05) is 19.3 Å². The van der Waals surface area contributed by atoms with Crippen molar-refractivity contribution in [1.82, 2.24) is 10.2 Å². The molecule has 1 saturated carbocycles. The van der Waals surface area contributed by atoms with Gasteiger partial charge in [0.15, 0.2) is 0 Å². The van der Waals surface area contributed by atoms with Gasteiger partial charge < -0.3 is 15.3 Å². The standard InChI is InChI=1S/C16H30N2O2/c1-13(17-12-14-7-6-8-15(14)19)11-16(20)18-9-4-2-3-5-10-18/h13-15,17,19H,2-12H2,1H3/t13?,14-,15+/m1/s1. The van der Waals surface area contributed by atoms with Crippen molar-refractivity contribution in [2.75, 3.05) is 19.6 Å². The molecule has 4 nitrogen and oxygen atoms in total. The Bertz CT molecular complexity index is 301. The first-order valence-corrected chi connectivity index (χ1v) is 8.36. The highest BCUT2D eigenvalue weighted by molar-refractivity contribution is 5.76. The van der Waals surface area contributed by atoms with Gasteiger partial charge in [-0.3, -0.25) is 4.79 Å². The molecule has 2 fully saturated rings. The zero-order valence-electron chi connectivity index (χ0n) is 12.8. The molecule has 20 heavy (non-hydrogen) atoms. The molecule has 1 saturated heterocycles. The van der Waals surface area contributed by atoms with Crippen molar-refractivity contribution >= 4 is 5.91 Å². The zero-order valence-corrected chi connectivity index (χ0v) is 12.8. The maximum absolute atomic E-state index is 12.3. The number of aliphatic hydroxyl groups excluding tert-OH is 1. The Morgan fingerprint density at radius 1 is 1.20 bits per heavy atom. The smallest absolute Gasteiger partial charge is 0.224 e. The van der Waals surface area contributed by atoms with Crippen molar-refractivity contribution in [2.24, 2.45) is 5.92 Å².